The van der Waals surface area contributed by atoms with Crippen molar-refractivity contribution in [3.8, 4) is 0 Å². The maximum atomic E-state index is 11.9. The number of carbonyl (C=O) groups is 1. The van der Waals surface area contributed by atoms with Crippen LogP contribution in [-0.4, -0.2) is 20.9 Å². The molecule has 20 heavy (non-hydrogen) atoms. The molecule has 0 aliphatic carbocycles. The Balaban J connectivity index is 2.05. The van der Waals surface area contributed by atoms with E-state index in [2.05, 4.69) is 15.6 Å². The van der Waals surface area contributed by atoms with Crippen molar-refractivity contribution in [2.75, 3.05) is 5.32 Å². The van der Waals surface area contributed by atoms with E-state index in [1.165, 1.54) is 4.68 Å². The largest absolute Gasteiger partial charge is 0.325 e. The molecule has 0 fully saturated rings. The number of benzene rings is 1. The highest BCUT2D eigenvalue weighted by Crippen LogP contribution is 2.24. The molecule has 0 radical (unpaired) electrons. The highest BCUT2D eigenvalue weighted by molar-refractivity contribution is 6.42. The van der Waals surface area contributed by atoms with Crippen molar-refractivity contribution < 1.29 is 4.79 Å². The molecule has 1 amide bonds. The lowest BCUT2D eigenvalue weighted by Gasteiger charge is -2.07. The number of hydrogen-bond donors (Lipinski definition) is 2. The van der Waals surface area contributed by atoms with Gasteiger partial charge >= 0.3 is 0 Å². The lowest BCUT2D eigenvalue weighted by atomic mass is 10.3. The molecule has 1 aromatic heterocycles. The number of rotatable bonds is 4. The molecule has 0 atom stereocenters. The average molecular weight is 314 g/mol. The van der Waals surface area contributed by atoms with Gasteiger partial charge in [-0.05, 0) is 25.1 Å². The molecule has 2 rings (SSSR count). The summed E-state index contributed by atoms with van der Waals surface area (Å²) in [4.78, 5) is 11.9. The van der Waals surface area contributed by atoms with Gasteiger partial charge in [-0.3, -0.25) is 4.79 Å². The van der Waals surface area contributed by atoms with Gasteiger partial charge in [0.15, 0.2) is 0 Å². The lowest BCUT2D eigenvalue weighted by molar-refractivity contribution is -0.117. The number of carbonyl (C=O) groups excluding carboxylic acids is 1. The molecule has 8 heteroatoms. The minimum absolute atomic E-state index is 0.0546. The number of halogens is 2. The van der Waals surface area contributed by atoms with Crippen LogP contribution in [-0.2, 0) is 17.9 Å². The van der Waals surface area contributed by atoms with Crippen LogP contribution in [0, 0.1) is 6.92 Å². The summed E-state index contributed by atoms with van der Waals surface area (Å²) in [5, 5.41) is 11.3. The molecule has 0 unspecified atom stereocenters. The van der Waals surface area contributed by atoms with Crippen LogP contribution in [0.15, 0.2) is 18.2 Å². The normalized spacial score (nSPS) is 10.6. The standard InChI is InChI=1S/C12H13Cl2N5O/c1-7-11(5-15)17-18-19(7)6-12(20)16-8-2-3-9(13)10(14)4-8/h2-4H,5-6,15H2,1H3,(H,16,20). The van der Waals surface area contributed by atoms with Gasteiger partial charge in [0.05, 0.1) is 21.4 Å². The van der Waals surface area contributed by atoms with Gasteiger partial charge in [-0.15, -0.1) is 5.10 Å². The first-order valence-corrected chi connectivity index (χ1v) is 6.60. The van der Waals surface area contributed by atoms with E-state index in [1.807, 2.05) is 6.92 Å². The van der Waals surface area contributed by atoms with E-state index in [-0.39, 0.29) is 12.5 Å². The van der Waals surface area contributed by atoms with Crippen molar-refractivity contribution in [3.05, 3.63) is 39.6 Å². The Labute approximate surface area is 125 Å². The Kier molecular flexibility index (Phi) is 4.59. The Bertz CT molecular complexity index is 641. The summed E-state index contributed by atoms with van der Waals surface area (Å²) in [6.45, 7) is 2.16. The summed E-state index contributed by atoms with van der Waals surface area (Å²) in [5.74, 6) is -0.236. The summed E-state index contributed by atoms with van der Waals surface area (Å²) < 4.78 is 1.50. The Morgan fingerprint density at radius 3 is 2.75 bits per heavy atom. The van der Waals surface area contributed by atoms with Crippen molar-refractivity contribution >= 4 is 34.8 Å². The predicted octanol–water partition coefficient (Wildman–Crippen LogP) is 1.99. The maximum absolute atomic E-state index is 11.9. The molecule has 2 aromatic rings. The molecule has 1 aromatic carbocycles. The molecule has 6 nitrogen and oxygen atoms in total. The molecule has 0 aliphatic rings. The Morgan fingerprint density at radius 2 is 2.15 bits per heavy atom. The van der Waals surface area contributed by atoms with E-state index < -0.39 is 0 Å². The summed E-state index contributed by atoms with van der Waals surface area (Å²) in [5.41, 5.74) is 7.52. The van der Waals surface area contributed by atoms with Crippen LogP contribution in [0.1, 0.15) is 11.4 Å². The van der Waals surface area contributed by atoms with E-state index in [0.717, 1.165) is 5.69 Å². The molecule has 0 saturated carbocycles. The first-order chi connectivity index (χ1) is 9.51. The van der Waals surface area contributed by atoms with Gasteiger partial charge in [0.1, 0.15) is 6.54 Å². The van der Waals surface area contributed by atoms with Crippen LogP contribution in [0.2, 0.25) is 10.0 Å². The first kappa shape index (κ1) is 14.8. The van der Waals surface area contributed by atoms with Crippen LogP contribution < -0.4 is 11.1 Å². The van der Waals surface area contributed by atoms with Crippen LogP contribution in [0.3, 0.4) is 0 Å². The molecule has 0 bridgehead atoms. The molecule has 1 heterocycles. The van der Waals surface area contributed by atoms with Gasteiger partial charge in [-0.1, -0.05) is 28.4 Å². The van der Waals surface area contributed by atoms with Gasteiger partial charge in [0.2, 0.25) is 5.91 Å². The summed E-state index contributed by atoms with van der Waals surface area (Å²) in [6, 6.07) is 4.87. The zero-order valence-electron chi connectivity index (χ0n) is 10.7. The molecular formula is C12H13Cl2N5O. The number of nitrogens with zero attached hydrogens (tertiary/aromatic N) is 3. The monoisotopic (exact) mass is 313 g/mol. The van der Waals surface area contributed by atoms with Crippen LogP contribution in [0.5, 0.6) is 0 Å². The number of hydrogen-bond acceptors (Lipinski definition) is 4. The fourth-order valence-electron chi connectivity index (χ4n) is 1.65. The third-order valence-corrected chi connectivity index (χ3v) is 3.51. The van der Waals surface area contributed by atoms with Crippen molar-refractivity contribution in [2.45, 2.75) is 20.0 Å². The summed E-state index contributed by atoms with van der Waals surface area (Å²) in [6.07, 6.45) is 0. The summed E-state index contributed by atoms with van der Waals surface area (Å²) in [7, 11) is 0. The number of anilines is 1. The van der Waals surface area contributed by atoms with E-state index >= 15 is 0 Å². The SMILES string of the molecule is Cc1c(CN)nnn1CC(=O)Nc1ccc(Cl)c(Cl)c1. The molecule has 106 valence electrons. The van der Waals surface area contributed by atoms with Crippen LogP contribution >= 0.6 is 23.2 Å². The predicted molar refractivity (Wildman–Crippen MR) is 77.7 cm³/mol. The number of nitrogens with two attached hydrogens (primary N) is 1. The number of aromatic nitrogens is 3. The lowest BCUT2D eigenvalue weighted by Crippen LogP contribution is -2.20. The molecule has 0 aliphatic heterocycles. The Morgan fingerprint density at radius 1 is 1.40 bits per heavy atom. The minimum Gasteiger partial charge on any atom is -0.325 e. The van der Waals surface area contributed by atoms with Gasteiger partial charge in [0.25, 0.3) is 0 Å². The van der Waals surface area contributed by atoms with Crippen molar-refractivity contribution in [3.63, 3.8) is 0 Å². The molecular weight excluding hydrogens is 301 g/mol. The molecule has 0 saturated heterocycles. The second-order valence-electron chi connectivity index (χ2n) is 4.16. The van der Waals surface area contributed by atoms with Crippen LogP contribution in [0.25, 0.3) is 0 Å². The summed E-state index contributed by atoms with van der Waals surface area (Å²) >= 11 is 11.7. The molecule has 3 N–H and O–H groups in total. The fraction of sp³-hybridized carbons (Fsp3) is 0.250. The smallest absolute Gasteiger partial charge is 0.246 e. The van der Waals surface area contributed by atoms with Gasteiger partial charge in [-0.2, -0.15) is 0 Å². The first-order valence-electron chi connectivity index (χ1n) is 5.85. The van der Waals surface area contributed by atoms with Crippen molar-refractivity contribution in [1.82, 2.24) is 15.0 Å². The third kappa shape index (κ3) is 3.27. The minimum atomic E-state index is -0.236. The highest BCUT2D eigenvalue weighted by Gasteiger charge is 2.11. The Hall–Kier alpha value is -1.63. The van der Waals surface area contributed by atoms with E-state index in [9.17, 15) is 4.79 Å². The fourth-order valence-corrected chi connectivity index (χ4v) is 1.94. The zero-order valence-corrected chi connectivity index (χ0v) is 12.2. The van der Waals surface area contributed by atoms with Crippen LogP contribution in [0.4, 0.5) is 5.69 Å². The average Bonchev–Trinajstić information content (AvgIpc) is 2.75. The second-order valence-corrected chi connectivity index (χ2v) is 4.97. The van der Waals surface area contributed by atoms with E-state index in [1.54, 1.807) is 18.2 Å². The van der Waals surface area contributed by atoms with E-state index in [0.29, 0.717) is 28.0 Å². The zero-order chi connectivity index (χ0) is 14.7. The van der Waals surface area contributed by atoms with E-state index in [4.69, 9.17) is 28.9 Å². The number of nitrogens with one attached hydrogen (secondary N) is 1. The van der Waals surface area contributed by atoms with Gasteiger partial charge in [-0.25, -0.2) is 4.68 Å². The van der Waals surface area contributed by atoms with Crippen molar-refractivity contribution in [2.24, 2.45) is 5.73 Å². The van der Waals surface area contributed by atoms with Gasteiger partial charge < -0.3 is 11.1 Å². The topological polar surface area (TPSA) is 85.8 Å². The maximum Gasteiger partial charge on any atom is 0.246 e. The second kappa shape index (κ2) is 6.21. The van der Waals surface area contributed by atoms with Gasteiger partial charge in [0, 0.05) is 12.2 Å². The number of amides is 1. The quantitative estimate of drug-likeness (QED) is 0.903. The molecule has 0 spiro atoms. The van der Waals surface area contributed by atoms with Crippen molar-refractivity contribution in [1.29, 1.82) is 0 Å². The highest BCUT2D eigenvalue weighted by atomic mass is 35.5. The third-order valence-electron chi connectivity index (χ3n) is 2.77.